The van der Waals surface area contributed by atoms with Crippen molar-refractivity contribution in [2.75, 3.05) is 6.61 Å². The van der Waals surface area contributed by atoms with Gasteiger partial charge in [0.15, 0.2) is 0 Å². The zero-order chi connectivity index (χ0) is 7.40. The fourth-order valence-corrected chi connectivity index (χ4v) is 1.63. The summed E-state index contributed by atoms with van der Waals surface area (Å²) in [4.78, 5) is 4.62. The molecule has 1 saturated carbocycles. The van der Waals surface area contributed by atoms with Gasteiger partial charge in [-0.05, 0) is 24.7 Å². The molecule has 0 bridgehead atoms. The minimum Gasteiger partial charge on any atom is -0.304 e. The van der Waals surface area contributed by atoms with Crippen LogP contribution in [0.25, 0.3) is 0 Å². The van der Waals surface area contributed by atoms with E-state index in [4.69, 9.17) is 5.90 Å². The predicted molar refractivity (Wildman–Crippen MR) is 41.3 cm³/mol. The van der Waals surface area contributed by atoms with Gasteiger partial charge in [0.2, 0.25) is 0 Å². The maximum Gasteiger partial charge on any atom is 0.0707 e. The average Bonchev–Trinajstić information content (AvgIpc) is 1.95. The van der Waals surface area contributed by atoms with Gasteiger partial charge in [-0.3, -0.25) is 0 Å². The van der Waals surface area contributed by atoms with Crippen LogP contribution in [0.4, 0.5) is 0 Å². The van der Waals surface area contributed by atoms with Crippen molar-refractivity contribution in [3.63, 3.8) is 0 Å². The SMILES string of the molecule is CC1CCC(CON)CC1. The van der Waals surface area contributed by atoms with E-state index < -0.39 is 0 Å². The van der Waals surface area contributed by atoms with Gasteiger partial charge in [0.05, 0.1) is 6.61 Å². The molecular weight excluding hydrogens is 126 g/mol. The lowest BCUT2D eigenvalue weighted by atomic mass is 9.83. The summed E-state index contributed by atoms with van der Waals surface area (Å²) in [6.45, 7) is 3.08. The number of hydrogen-bond acceptors (Lipinski definition) is 2. The average molecular weight is 143 g/mol. The van der Waals surface area contributed by atoms with Crippen LogP contribution in [0.5, 0.6) is 0 Å². The van der Waals surface area contributed by atoms with E-state index in [0.29, 0.717) is 0 Å². The zero-order valence-electron chi connectivity index (χ0n) is 6.68. The quantitative estimate of drug-likeness (QED) is 0.597. The third-order valence-corrected chi connectivity index (χ3v) is 2.47. The van der Waals surface area contributed by atoms with Gasteiger partial charge in [0.25, 0.3) is 0 Å². The Labute approximate surface area is 62.7 Å². The molecule has 1 fully saturated rings. The molecule has 60 valence electrons. The number of rotatable bonds is 2. The minimum atomic E-state index is 0.737. The van der Waals surface area contributed by atoms with Crippen molar-refractivity contribution in [3.8, 4) is 0 Å². The highest BCUT2D eigenvalue weighted by Gasteiger charge is 2.17. The first-order valence-electron chi connectivity index (χ1n) is 4.14. The van der Waals surface area contributed by atoms with E-state index >= 15 is 0 Å². The summed E-state index contributed by atoms with van der Waals surface area (Å²) < 4.78 is 0. The summed E-state index contributed by atoms with van der Waals surface area (Å²) in [6.07, 6.45) is 5.32. The molecule has 0 amide bonds. The van der Waals surface area contributed by atoms with Gasteiger partial charge < -0.3 is 4.84 Å². The summed E-state index contributed by atoms with van der Waals surface area (Å²) in [7, 11) is 0. The lowest BCUT2D eigenvalue weighted by Gasteiger charge is -2.24. The molecule has 0 saturated heterocycles. The van der Waals surface area contributed by atoms with Crippen molar-refractivity contribution < 1.29 is 4.84 Å². The van der Waals surface area contributed by atoms with Crippen LogP contribution in [0.2, 0.25) is 0 Å². The lowest BCUT2D eigenvalue weighted by Crippen LogP contribution is -2.18. The summed E-state index contributed by atoms with van der Waals surface area (Å²) in [6, 6.07) is 0. The highest BCUT2D eigenvalue weighted by molar-refractivity contribution is 4.68. The Balaban J connectivity index is 2.13. The van der Waals surface area contributed by atoms with E-state index in [0.717, 1.165) is 18.4 Å². The molecule has 0 aliphatic heterocycles. The molecule has 2 N–H and O–H groups in total. The van der Waals surface area contributed by atoms with Crippen LogP contribution in [0.1, 0.15) is 32.6 Å². The van der Waals surface area contributed by atoms with E-state index in [9.17, 15) is 0 Å². The fraction of sp³-hybridized carbons (Fsp3) is 1.00. The zero-order valence-corrected chi connectivity index (χ0v) is 6.68. The summed E-state index contributed by atoms with van der Waals surface area (Å²) in [5, 5.41) is 0. The topological polar surface area (TPSA) is 35.2 Å². The molecule has 0 spiro atoms. The second kappa shape index (κ2) is 3.94. The first kappa shape index (κ1) is 8.02. The van der Waals surface area contributed by atoms with E-state index in [1.54, 1.807) is 0 Å². The standard InChI is InChI=1S/C8H17NO/c1-7-2-4-8(5-3-7)6-10-9/h7-8H,2-6,9H2,1H3. The summed E-state index contributed by atoms with van der Waals surface area (Å²) >= 11 is 0. The van der Waals surface area contributed by atoms with Crippen molar-refractivity contribution in [2.24, 2.45) is 17.7 Å². The highest BCUT2D eigenvalue weighted by Crippen LogP contribution is 2.27. The van der Waals surface area contributed by atoms with E-state index in [1.165, 1.54) is 25.7 Å². The van der Waals surface area contributed by atoms with Crippen LogP contribution >= 0.6 is 0 Å². The Morgan fingerprint density at radius 2 is 1.90 bits per heavy atom. The highest BCUT2D eigenvalue weighted by atomic mass is 16.6. The molecular formula is C8H17NO. The second-order valence-corrected chi connectivity index (χ2v) is 3.46. The van der Waals surface area contributed by atoms with Gasteiger partial charge >= 0.3 is 0 Å². The first-order valence-corrected chi connectivity index (χ1v) is 4.14. The van der Waals surface area contributed by atoms with E-state index in [1.807, 2.05) is 0 Å². The van der Waals surface area contributed by atoms with Crippen molar-refractivity contribution in [1.82, 2.24) is 0 Å². The largest absolute Gasteiger partial charge is 0.304 e. The fourth-order valence-electron chi connectivity index (χ4n) is 1.63. The Bertz CT molecular complexity index is 87.3. The third kappa shape index (κ3) is 2.27. The van der Waals surface area contributed by atoms with Crippen LogP contribution in [-0.4, -0.2) is 6.61 Å². The van der Waals surface area contributed by atoms with Crippen LogP contribution in [0, 0.1) is 11.8 Å². The molecule has 1 rings (SSSR count). The van der Waals surface area contributed by atoms with Crippen molar-refractivity contribution in [2.45, 2.75) is 32.6 Å². The Hall–Kier alpha value is -0.0800. The molecule has 0 aromatic carbocycles. The lowest BCUT2D eigenvalue weighted by molar-refractivity contribution is 0.0802. The molecule has 0 unspecified atom stereocenters. The first-order chi connectivity index (χ1) is 4.83. The normalized spacial score (nSPS) is 34.2. The maximum absolute atomic E-state index is 4.99. The number of nitrogens with two attached hydrogens (primary N) is 1. The van der Waals surface area contributed by atoms with E-state index in [2.05, 4.69) is 11.8 Å². The molecule has 1 aliphatic rings. The predicted octanol–water partition coefficient (Wildman–Crippen LogP) is 1.70. The van der Waals surface area contributed by atoms with Gasteiger partial charge in [-0.2, -0.15) is 0 Å². The molecule has 0 radical (unpaired) electrons. The Morgan fingerprint density at radius 1 is 1.30 bits per heavy atom. The number of hydrogen-bond donors (Lipinski definition) is 1. The minimum absolute atomic E-state index is 0.737. The van der Waals surface area contributed by atoms with Crippen molar-refractivity contribution in [3.05, 3.63) is 0 Å². The maximum atomic E-state index is 4.99. The van der Waals surface area contributed by atoms with Crippen LogP contribution in [0.15, 0.2) is 0 Å². The van der Waals surface area contributed by atoms with Crippen LogP contribution < -0.4 is 5.90 Å². The molecule has 10 heavy (non-hydrogen) atoms. The molecule has 0 atom stereocenters. The van der Waals surface area contributed by atoms with Gasteiger partial charge in [-0.25, -0.2) is 5.90 Å². The van der Waals surface area contributed by atoms with Crippen molar-refractivity contribution >= 4 is 0 Å². The summed E-state index contributed by atoms with van der Waals surface area (Å²) in [5.74, 6) is 6.66. The van der Waals surface area contributed by atoms with Gasteiger partial charge in [-0.1, -0.05) is 19.8 Å². The van der Waals surface area contributed by atoms with Gasteiger partial charge in [0.1, 0.15) is 0 Å². The van der Waals surface area contributed by atoms with Gasteiger partial charge in [0, 0.05) is 0 Å². The Kier molecular flexibility index (Phi) is 3.16. The third-order valence-electron chi connectivity index (χ3n) is 2.47. The van der Waals surface area contributed by atoms with E-state index in [-0.39, 0.29) is 0 Å². The molecule has 0 aromatic rings. The van der Waals surface area contributed by atoms with Gasteiger partial charge in [-0.15, -0.1) is 0 Å². The smallest absolute Gasteiger partial charge is 0.0707 e. The van der Waals surface area contributed by atoms with Crippen molar-refractivity contribution in [1.29, 1.82) is 0 Å². The van der Waals surface area contributed by atoms with Crippen LogP contribution in [-0.2, 0) is 4.84 Å². The molecule has 0 aromatic heterocycles. The molecule has 0 heterocycles. The summed E-state index contributed by atoms with van der Waals surface area (Å²) in [5.41, 5.74) is 0. The molecule has 2 nitrogen and oxygen atoms in total. The van der Waals surface area contributed by atoms with Crippen LogP contribution in [0.3, 0.4) is 0 Å². The molecule has 1 aliphatic carbocycles. The second-order valence-electron chi connectivity index (χ2n) is 3.46. The monoisotopic (exact) mass is 143 g/mol. The molecule has 2 heteroatoms. The Morgan fingerprint density at radius 3 is 2.40 bits per heavy atom.